The van der Waals surface area contributed by atoms with Gasteiger partial charge in [0.1, 0.15) is 5.82 Å². The van der Waals surface area contributed by atoms with E-state index < -0.39 is 10.0 Å². The molecule has 2 aromatic rings. The van der Waals surface area contributed by atoms with Crippen molar-refractivity contribution in [3.05, 3.63) is 60.2 Å². The molecule has 0 amide bonds. The summed E-state index contributed by atoms with van der Waals surface area (Å²) >= 11 is 0. The average molecular weight is 336 g/mol. The summed E-state index contributed by atoms with van der Waals surface area (Å²) in [5.74, 6) is -0.376. The Morgan fingerprint density at radius 2 is 1.83 bits per heavy atom. The first-order chi connectivity index (χ1) is 11.0. The fourth-order valence-electron chi connectivity index (χ4n) is 2.40. The van der Waals surface area contributed by atoms with Crippen LogP contribution in [-0.2, 0) is 16.4 Å². The molecule has 2 rings (SSSR count). The van der Waals surface area contributed by atoms with Crippen molar-refractivity contribution in [2.24, 2.45) is 0 Å². The highest BCUT2D eigenvalue weighted by Gasteiger charge is 2.16. The standard InChI is InChI=1S/C17H21FN2O2S/c1-23(21,22)20(17-10-8-16(18)9-11-17)13-4-2-3-6-15-7-5-12-19-14-15/h5,7-12,14H,2-4,6,13H2,1H3. The highest BCUT2D eigenvalue weighted by molar-refractivity contribution is 7.92. The number of aryl methyl sites for hydroxylation is 1. The van der Waals surface area contributed by atoms with Gasteiger partial charge in [0.2, 0.25) is 10.0 Å². The first kappa shape index (κ1) is 17.4. The molecule has 1 aromatic heterocycles. The maximum Gasteiger partial charge on any atom is 0.232 e. The van der Waals surface area contributed by atoms with E-state index in [-0.39, 0.29) is 5.82 Å². The Morgan fingerprint density at radius 1 is 1.09 bits per heavy atom. The zero-order chi connectivity index (χ0) is 16.7. The summed E-state index contributed by atoms with van der Waals surface area (Å²) in [6.45, 7) is 0.400. The molecular weight excluding hydrogens is 315 g/mol. The second-order valence-corrected chi connectivity index (χ2v) is 7.39. The number of halogens is 1. The lowest BCUT2D eigenvalue weighted by Gasteiger charge is -2.22. The van der Waals surface area contributed by atoms with Crippen LogP contribution in [-0.4, -0.2) is 26.2 Å². The third-order valence-electron chi connectivity index (χ3n) is 3.56. The lowest BCUT2D eigenvalue weighted by Crippen LogP contribution is -2.30. The van der Waals surface area contributed by atoms with Gasteiger partial charge in [-0.05, 0) is 55.2 Å². The van der Waals surface area contributed by atoms with Crippen molar-refractivity contribution in [1.29, 1.82) is 0 Å². The van der Waals surface area contributed by atoms with E-state index >= 15 is 0 Å². The van der Waals surface area contributed by atoms with E-state index in [9.17, 15) is 12.8 Å². The van der Waals surface area contributed by atoms with Gasteiger partial charge in [0.05, 0.1) is 11.9 Å². The van der Waals surface area contributed by atoms with E-state index in [1.807, 2.05) is 18.3 Å². The van der Waals surface area contributed by atoms with Crippen LogP contribution in [0.5, 0.6) is 0 Å². The molecule has 1 aromatic carbocycles. The molecule has 6 heteroatoms. The number of hydrogen-bond donors (Lipinski definition) is 0. The van der Waals surface area contributed by atoms with E-state index in [4.69, 9.17) is 0 Å². The van der Waals surface area contributed by atoms with Crippen LogP contribution < -0.4 is 4.31 Å². The number of aromatic nitrogens is 1. The van der Waals surface area contributed by atoms with Crippen LogP contribution in [0, 0.1) is 5.82 Å². The Labute approximate surface area is 137 Å². The fourth-order valence-corrected chi connectivity index (χ4v) is 3.37. The molecule has 0 N–H and O–H groups in total. The Hall–Kier alpha value is -1.95. The van der Waals surface area contributed by atoms with Gasteiger partial charge in [-0.25, -0.2) is 12.8 Å². The zero-order valence-electron chi connectivity index (χ0n) is 13.2. The quantitative estimate of drug-likeness (QED) is 0.694. The topological polar surface area (TPSA) is 50.3 Å². The minimum absolute atomic E-state index is 0.376. The molecule has 0 radical (unpaired) electrons. The van der Waals surface area contributed by atoms with Gasteiger partial charge in [-0.1, -0.05) is 12.5 Å². The Bertz CT molecular complexity index is 703. The number of sulfonamides is 1. The van der Waals surface area contributed by atoms with Crippen LogP contribution in [0.4, 0.5) is 10.1 Å². The number of anilines is 1. The van der Waals surface area contributed by atoms with Gasteiger partial charge in [0, 0.05) is 18.9 Å². The van der Waals surface area contributed by atoms with E-state index in [1.165, 1.54) is 40.4 Å². The number of hydrogen-bond acceptors (Lipinski definition) is 3. The lowest BCUT2D eigenvalue weighted by atomic mass is 10.1. The monoisotopic (exact) mass is 336 g/mol. The molecule has 4 nitrogen and oxygen atoms in total. The van der Waals surface area contributed by atoms with Crippen LogP contribution in [0.2, 0.25) is 0 Å². The Kier molecular flexibility index (Phi) is 6.10. The molecule has 0 bridgehead atoms. The molecule has 0 fully saturated rings. The Morgan fingerprint density at radius 3 is 2.43 bits per heavy atom. The highest BCUT2D eigenvalue weighted by atomic mass is 32.2. The predicted octanol–water partition coefficient (Wildman–Crippen LogP) is 3.40. The normalized spacial score (nSPS) is 11.4. The van der Waals surface area contributed by atoms with Crippen LogP contribution in [0.1, 0.15) is 24.8 Å². The smallest absolute Gasteiger partial charge is 0.232 e. The molecule has 0 aliphatic heterocycles. The summed E-state index contributed by atoms with van der Waals surface area (Å²) < 4.78 is 38.2. The van der Waals surface area contributed by atoms with Crippen LogP contribution in [0.3, 0.4) is 0 Å². The van der Waals surface area contributed by atoms with Crippen molar-refractivity contribution in [3.63, 3.8) is 0 Å². The molecule has 0 saturated carbocycles. The predicted molar refractivity (Wildman–Crippen MR) is 90.4 cm³/mol. The largest absolute Gasteiger partial charge is 0.270 e. The highest BCUT2D eigenvalue weighted by Crippen LogP contribution is 2.19. The van der Waals surface area contributed by atoms with Crippen molar-refractivity contribution in [2.45, 2.75) is 25.7 Å². The van der Waals surface area contributed by atoms with E-state index in [2.05, 4.69) is 4.98 Å². The molecular formula is C17H21FN2O2S. The van der Waals surface area contributed by atoms with Crippen molar-refractivity contribution in [1.82, 2.24) is 4.98 Å². The molecule has 0 saturated heterocycles. The summed E-state index contributed by atoms with van der Waals surface area (Å²) in [6, 6.07) is 9.48. The zero-order valence-corrected chi connectivity index (χ0v) is 14.0. The number of rotatable bonds is 8. The van der Waals surface area contributed by atoms with Gasteiger partial charge in [-0.2, -0.15) is 0 Å². The average Bonchev–Trinajstić information content (AvgIpc) is 2.52. The summed E-state index contributed by atoms with van der Waals surface area (Å²) in [6.07, 6.45) is 8.35. The number of nitrogens with zero attached hydrogens (tertiary/aromatic N) is 2. The number of pyridine rings is 1. The van der Waals surface area contributed by atoms with Gasteiger partial charge in [0.25, 0.3) is 0 Å². The van der Waals surface area contributed by atoms with Crippen molar-refractivity contribution in [2.75, 3.05) is 17.1 Å². The van der Waals surface area contributed by atoms with Crippen molar-refractivity contribution >= 4 is 15.7 Å². The number of unbranched alkanes of at least 4 members (excludes halogenated alkanes) is 2. The Balaban J connectivity index is 1.86. The van der Waals surface area contributed by atoms with Gasteiger partial charge in [-0.15, -0.1) is 0 Å². The maximum atomic E-state index is 13.0. The fraction of sp³-hybridized carbons (Fsp3) is 0.353. The summed E-state index contributed by atoms with van der Waals surface area (Å²) in [5, 5.41) is 0. The third-order valence-corrected chi connectivity index (χ3v) is 4.76. The molecule has 23 heavy (non-hydrogen) atoms. The second kappa shape index (κ2) is 8.06. The third kappa shape index (κ3) is 5.63. The van der Waals surface area contributed by atoms with Gasteiger partial charge in [-0.3, -0.25) is 9.29 Å². The first-order valence-corrected chi connectivity index (χ1v) is 9.44. The van der Waals surface area contributed by atoms with E-state index in [0.29, 0.717) is 12.2 Å². The summed E-state index contributed by atoms with van der Waals surface area (Å²) in [5.41, 5.74) is 1.69. The second-order valence-electron chi connectivity index (χ2n) is 5.48. The van der Waals surface area contributed by atoms with Crippen LogP contribution in [0.15, 0.2) is 48.8 Å². The lowest BCUT2D eigenvalue weighted by molar-refractivity contribution is 0.591. The van der Waals surface area contributed by atoms with Crippen molar-refractivity contribution in [3.8, 4) is 0 Å². The van der Waals surface area contributed by atoms with Gasteiger partial charge in [0.15, 0.2) is 0 Å². The molecule has 0 atom stereocenters. The first-order valence-electron chi connectivity index (χ1n) is 7.59. The van der Waals surface area contributed by atoms with Crippen molar-refractivity contribution < 1.29 is 12.8 Å². The molecule has 0 spiro atoms. The molecule has 0 aliphatic carbocycles. The maximum absolute atomic E-state index is 13.0. The summed E-state index contributed by atoms with van der Waals surface area (Å²) in [4.78, 5) is 4.07. The summed E-state index contributed by atoms with van der Waals surface area (Å²) in [7, 11) is -3.37. The molecule has 1 heterocycles. The van der Waals surface area contributed by atoms with Crippen LogP contribution >= 0.6 is 0 Å². The van der Waals surface area contributed by atoms with Gasteiger partial charge >= 0.3 is 0 Å². The molecule has 124 valence electrons. The SMILES string of the molecule is CS(=O)(=O)N(CCCCCc1cccnc1)c1ccc(F)cc1. The minimum atomic E-state index is -3.37. The molecule has 0 aliphatic rings. The number of benzene rings is 1. The van der Waals surface area contributed by atoms with Gasteiger partial charge < -0.3 is 0 Å². The molecule has 0 unspecified atom stereocenters. The van der Waals surface area contributed by atoms with E-state index in [0.717, 1.165) is 25.7 Å². The minimum Gasteiger partial charge on any atom is -0.270 e. The van der Waals surface area contributed by atoms with E-state index in [1.54, 1.807) is 6.20 Å². The van der Waals surface area contributed by atoms with Crippen LogP contribution in [0.25, 0.3) is 0 Å².